The van der Waals surface area contributed by atoms with Crippen LogP contribution in [0, 0.1) is 11.7 Å². The number of ether oxygens (including phenoxy) is 1. The van der Waals surface area contributed by atoms with E-state index < -0.39 is 33.7 Å². The molecule has 2 aliphatic rings. The van der Waals surface area contributed by atoms with E-state index in [9.17, 15) is 22.4 Å². The highest BCUT2D eigenvalue weighted by Gasteiger charge is 2.33. The number of halogens is 1. The lowest BCUT2D eigenvalue weighted by Crippen LogP contribution is -2.37. The number of hydrogen-bond acceptors (Lipinski definition) is 6. The molecule has 0 radical (unpaired) electrons. The average molecular weight is 495 g/mol. The summed E-state index contributed by atoms with van der Waals surface area (Å²) in [6, 6.07) is 4.96. The number of fused-ring (bicyclic) bond motifs is 1. The summed E-state index contributed by atoms with van der Waals surface area (Å²) in [5.41, 5.74) is 1.35. The maximum absolute atomic E-state index is 13.2. The lowest BCUT2D eigenvalue weighted by atomic mass is 9.88. The van der Waals surface area contributed by atoms with Crippen molar-refractivity contribution < 1.29 is 27.1 Å². The Hall–Kier alpha value is -2.46. The average Bonchev–Trinajstić information content (AvgIpc) is 3.27. The summed E-state index contributed by atoms with van der Waals surface area (Å²) in [6.07, 6.45) is 2.02. The minimum Gasteiger partial charge on any atom is -0.481 e. The highest BCUT2D eigenvalue weighted by Crippen LogP contribution is 2.40. The number of amides is 2. The fraction of sp³-hybridized carbons (Fsp3) is 0.478. The van der Waals surface area contributed by atoms with Crippen LogP contribution in [0.1, 0.15) is 47.5 Å². The van der Waals surface area contributed by atoms with Crippen molar-refractivity contribution in [1.29, 1.82) is 0 Å². The lowest BCUT2D eigenvalue weighted by molar-refractivity contribution is -0.122. The highest BCUT2D eigenvalue weighted by atomic mass is 32.2. The molecule has 2 N–H and O–H groups in total. The van der Waals surface area contributed by atoms with E-state index in [1.165, 1.54) is 35.6 Å². The molecule has 4 rings (SSSR count). The van der Waals surface area contributed by atoms with Crippen LogP contribution in [-0.4, -0.2) is 43.9 Å². The molecule has 2 aromatic rings. The predicted octanol–water partition coefficient (Wildman–Crippen LogP) is 3.33. The molecule has 1 fully saturated rings. The zero-order chi connectivity index (χ0) is 23.8. The molecular formula is C23H27FN2O5S2. The monoisotopic (exact) mass is 494 g/mol. The van der Waals surface area contributed by atoms with Gasteiger partial charge < -0.3 is 15.4 Å². The molecule has 33 heavy (non-hydrogen) atoms. The van der Waals surface area contributed by atoms with E-state index in [0.717, 1.165) is 29.7 Å². The van der Waals surface area contributed by atoms with Crippen molar-refractivity contribution in [1.82, 2.24) is 5.32 Å². The summed E-state index contributed by atoms with van der Waals surface area (Å²) in [5, 5.41) is 6.15. The first-order valence-corrected chi connectivity index (χ1v) is 13.6. The minimum absolute atomic E-state index is 0.0632. The molecule has 1 saturated heterocycles. The topological polar surface area (TPSA) is 102 Å². The number of anilines is 1. The van der Waals surface area contributed by atoms with Gasteiger partial charge in [-0.05, 0) is 68.4 Å². The number of carbonyl (C=O) groups is 2. The standard InChI is InChI=1S/C23H27FN2O5S2/c1-13-3-8-18-19(11-13)32-23(20(18)22(28)25-16-9-10-33(29,30)12-16)26-21(27)14(2)31-17-6-4-15(24)5-7-17/h4-7,13-14,16H,3,8-12H2,1-2H3,(H,25,28)(H,26,27)/t13-,14+,16+/m0/s1. The molecule has 2 heterocycles. The molecule has 0 saturated carbocycles. The van der Waals surface area contributed by atoms with Gasteiger partial charge in [0, 0.05) is 10.9 Å². The molecule has 1 aromatic carbocycles. The van der Waals surface area contributed by atoms with Crippen molar-refractivity contribution in [3.8, 4) is 5.75 Å². The van der Waals surface area contributed by atoms with Gasteiger partial charge in [0.2, 0.25) is 0 Å². The van der Waals surface area contributed by atoms with E-state index in [4.69, 9.17) is 4.74 Å². The summed E-state index contributed by atoms with van der Waals surface area (Å²) in [7, 11) is -3.13. The fourth-order valence-electron chi connectivity index (χ4n) is 4.23. The minimum atomic E-state index is -3.13. The summed E-state index contributed by atoms with van der Waals surface area (Å²) in [6.45, 7) is 3.74. The van der Waals surface area contributed by atoms with Crippen molar-refractivity contribution >= 4 is 38.0 Å². The van der Waals surface area contributed by atoms with Gasteiger partial charge in [0.25, 0.3) is 11.8 Å². The molecule has 2 amide bonds. The predicted molar refractivity (Wildman–Crippen MR) is 125 cm³/mol. The Bertz CT molecular complexity index is 1160. The van der Waals surface area contributed by atoms with E-state index in [1.807, 2.05) is 0 Å². The van der Waals surface area contributed by atoms with Crippen LogP contribution in [-0.2, 0) is 27.5 Å². The third-order valence-corrected chi connectivity index (χ3v) is 8.98. The Morgan fingerprint density at radius 2 is 1.94 bits per heavy atom. The van der Waals surface area contributed by atoms with Crippen LogP contribution in [0.3, 0.4) is 0 Å². The van der Waals surface area contributed by atoms with Crippen LogP contribution in [0.4, 0.5) is 9.39 Å². The Labute approximate surface area is 196 Å². The number of nitrogens with one attached hydrogen (secondary N) is 2. The van der Waals surface area contributed by atoms with E-state index >= 15 is 0 Å². The molecule has 3 atom stereocenters. The number of benzene rings is 1. The van der Waals surface area contributed by atoms with Crippen LogP contribution < -0.4 is 15.4 Å². The van der Waals surface area contributed by atoms with Gasteiger partial charge in [-0.15, -0.1) is 11.3 Å². The number of rotatable bonds is 6. The van der Waals surface area contributed by atoms with Gasteiger partial charge in [0.15, 0.2) is 15.9 Å². The fourth-order valence-corrected chi connectivity index (χ4v) is 7.31. The van der Waals surface area contributed by atoms with Crippen LogP contribution in [0.5, 0.6) is 5.75 Å². The third kappa shape index (κ3) is 5.55. The van der Waals surface area contributed by atoms with Crippen LogP contribution in [0.15, 0.2) is 24.3 Å². The van der Waals surface area contributed by atoms with Crippen molar-refractivity contribution in [3.63, 3.8) is 0 Å². The molecule has 1 aromatic heterocycles. The Kier molecular flexibility index (Phi) is 6.76. The second-order valence-corrected chi connectivity index (χ2v) is 12.2. The largest absolute Gasteiger partial charge is 0.481 e. The van der Waals surface area contributed by atoms with E-state index in [2.05, 4.69) is 17.6 Å². The first-order valence-electron chi connectivity index (χ1n) is 11.0. The van der Waals surface area contributed by atoms with Gasteiger partial charge in [0.05, 0.1) is 17.1 Å². The summed E-state index contributed by atoms with van der Waals surface area (Å²) in [5.74, 6) is -0.334. The van der Waals surface area contributed by atoms with E-state index in [-0.39, 0.29) is 17.4 Å². The van der Waals surface area contributed by atoms with Crippen molar-refractivity contribution in [3.05, 3.63) is 46.1 Å². The Balaban J connectivity index is 1.53. The van der Waals surface area contributed by atoms with Crippen LogP contribution in [0.2, 0.25) is 0 Å². The smallest absolute Gasteiger partial charge is 0.265 e. The normalized spacial score (nSPS) is 22.3. The quantitative estimate of drug-likeness (QED) is 0.642. The number of hydrogen-bond donors (Lipinski definition) is 2. The van der Waals surface area contributed by atoms with Crippen molar-refractivity contribution in [2.45, 2.75) is 51.7 Å². The molecule has 0 unspecified atom stereocenters. The zero-order valence-corrected chi connectivity index (χ0v) is 20.2. The number of thiophene rings is 1. The lowest BCUT2D eigenvalue weighted by Gasteiger charge is -2.19. The molecule has 1 aliphatic carbocycles. The summed E-state index contributed by atoms with van der Waals surface area (Å²) < 4.78 is 42.3. The van der Waals surface area contributed by atoms with Gasteiger partial charge in [-0.1, -0.05) is 6.92 Å². The molecule has 7 nitrogen and oxygen atoms in total. The van der Waals surface area contributed by atoms with Crippen LogP contribution in [0.25, 0.3) is 0 Å². The van der Waals surface area contributed by atoms with Gasteiger partial charge in [-0.2, -0.15) is 0 Å². The number of sulfone groups is 1. The molecule has 10 heteroatoms. The highest BCUT2D eigenvalue weighted by molar-refractivity contribution is 7.91. The molecule has 1 aliphatic heterocycles. The second-order valence-electron chi connectivity index (χ2n) is 8.83. The van der Waals surface area contributed by atoms with Gasteiger partial charge in [0.1, 0.15) is 16.6 Å². The van der Waals surface area contributed by atoms with E-state index in [1.54, 1.807) is 6.92 Å². The summed E-state index contributed by atoms with van der Waals surface area (Å²) >= 11 is 1.39. The van der Waals surface area contributed by atoms with E-state index in [0.29, 0.717) is 28.7 Å². The Morgan fingerprint density at radius 3 is 2.61 bits per heavy atom. The first-order chi connectivity index (χ1) is 15.6. The SMILES string of the molecule is C[C@H]1CCc2c(sc(NC(=O)[C@@H](C)Oc3ccc(F)cc3)c2C(=O)N[C@@H]2CCS(=O)(=O)C2)C1. The van der Waals surface area contributed by atoms with Crippen molar-refractivity contribution in [2.75, 3.05) is 16.8 Å². The molecule has 0 bridgehead atoms. The molecule has 178 valence electrons. The summed E-state index contributed by atoms with van der Waals surface area (Å²) in [4.78, 5) is 27.1. The maximum atomic E-state index is 13.2. The zero-order valence-electron chi connectivity index (χ0n) is 18.5. The molecule has 0 spiro atoms. The number of carbonyl (C=O) groups excluding carboxylic acids is 2. The van der Waals surface area contributed by atoms with Crippen molar-refractivity contribution in [2.24, 2.45) is 5.92 Å². The Morgan fingerprint density at radius 1 is 1.21 bits per heavy atom. The first kappa shape index (κ1) is 23.7. The maximum Gasteiger partial charge on any atom is 0.265 e. The molecular weight excluding hydrogens is 467 g/mol. The third-order valence-electron chi connectivity index (χ3n) is 6.04. The van der Waals surface area contributed by atoms with Gasteiger partial charge >= 0.3 is 0 Å². The van der Waals surface area contributed by atoms with Gasteiger partial charge in [-0.3, -0.25) is 9.59 Å². The van der Waals surface area contributed by atoms with Gasteiger partial charge in [-0.25, -0.2) is 12.8 Å². The van der Waals surface area contributed by atoms with Crippen LogP contribution >= 0.6 is 11.3 Å². The second kappa shape index (κ2) is 9.42.